The van der Waals surface area contributed by atoms with Crippen LogP contribution >= 0.6 is 11.6 Å². The van der Waals surface area contributed by atoms with E-state index in [0.717, 1.165) is 53.2 Å². The van der Waals surface area contributed by atoms with Crippen LogP contribution in [0, 0.1) is 0 Å². The zero-order valence-corrected chi connectivity index (χ0v) is 21.2. The molecule has 2 N–H and O–H groups in total. The first-order chi connectivity index (χ1) is 17.5. The van der Waals surface area contributed by atoms with Gasteiger partial charge in [-0.2, -0.15) is 0 Å². The molecular weight excluding hydrogens is 472 g/mol. The molecule has 1 fully saturated rings. The van der Waals surface area contributed by atoms with E-state index in [1.807, 2.05) is 61.5 Å². The summed E-state index contributed by atoms with van der Waals surface area (Å²) in [6.07, 6.45) is 8.84. The number of halogens is 1. The van der Waals surface area contributed by atoms with Gasteiger partial charge in [0.25, 0.3) is 0 Å². The van der Waals surface area contributed by atoms with Crippen LogP contribution in [0.3, 0.4) is 0 Å². The SMILES string of the molecule is CCC(O)=c1cccc2c1=CC(=CCCN1CCC(O)(c3ccc(Cl)cc3)CC1)c1cccnc1O2. The number of aliphatic hydroxyl groups excluding tert-OH is 1. The largest absolute Gasteiger partial charge is 0.512 e. The maximum atomic E-state index is 11.2. The lowest BCUT2D eigenvalue weighted by Crippen LogP contribution is -2.42. The lowest BCUT2D eigenvalue weighted by Gasteiger charge is -2.38. The minimum Gasteiger partial charge on any atom is -0.512 e. The average molecular weight is 503 g/mol. The van der Waals surface area contributed by atoms with E-state index in [4.69, 9.17) is 16.3 Å². The summed E-state index contributed by atoms with van der Waals surface area (Å²) < 4.78 is 6.18. The van der Waals surface area contributed by atoms with E-state index in [0.29, 0.717) is 41.7 Å². The number of aromatic nitrogens is 1. The van der Waals surface area contributed by atoms with Crippen molar-refractivity contribution in [3.8, 4) is 11.6 Å². The molecule has 0 unspecified atom stereocenters. The third-order valence-electron chi connectivity index (χ3n) is 7.17. The van der Waals surface area contributed by atoms with Gasteiger partial charge in [0.05, 0.1) is 11.4 Å². The first kappa shape index (κ1) is 24.6. The molecule has 0 spiro atoms. The Hall–Kier alpha value is -3.12. The summed E-state index contributed by atoms with van der Waals surface area (Å²) in [4.78, 5) is 6.87. The van der Waals surface area contributed by atoms with Gasteiger partial charge in [-0.1, -0.05) is 48.9 Å². The zero-order valence-electron chi connectivity index (χ0n) is 20.5. The average Bonchev–Trinajstić information content (AvgIpc) is 3.06. The van der Waals surface area contributed by atoms with Gasteiger partial charge in [-0.15, -0.1) is 0 Å². The molecule has 1 saturated heterocycles. The molecule has 6 heteroatoms. The summed E-state index contributed by atoms with van der Waals surface area (Å²) in [6.45, 7) is 4.50. The zero-order chi connectivity index (χ0) is 25.1. The topological polar surface area (TPSA) is 65.8 Å². The van der Waals surface area contributed by atoms with Crippen LogP contribution in [0.5, 0.6) is 11.6 Å². The van der Waals surface area contributed by atoms with Crippen molar-refractivity contribution >= 4 is 29.0 Å². The highest BCUT2D eigenvalue weighted by molar-refractivity contribution is 6.30. The number of piperidine rings is 1. The van der Waals surface area contributed by atoms with Crippen molar-refractivity contribution in [1.29, 1.82) is 0 Å². The molecule has 0 atom stereocenters. The van der Waals surface area contributed by atoms with Crippen molar-refractivity contribution in [2.45, 2.75) is 38.2 Å². The molecule has 2 aliphatic rings. The number of ether oxygens (including phenoxy) is 1. The number of aliphatic hydroxyl groups is 2. The third-order valence-corrected chi connectivity index (χ3v) is 7.43. The summed E-state index contributed by atoms with van der Waals surface area (Å²) in [5.41, 5.74) is 2.11. The predicted octanol–water partition coefficient (Wildman–Crippen LogP) is 5.15. The number of hydrogen-bond acceptors (Lipinski definition) is 5. The van der Waals surface area contributed by atoms with Gasteiger partial charge in [0.1, 0.15) is 5.75 Å². The van der Waals surface area contributed by atoms with Crippen LogP contribution in [0.2, 0.25) is 5.02 Å². The fraction of sp³-hybridized carbons (Fsp3) is 0.300. The lowest BCUT2D eigenvalue weighted by molar-refractivity contribution is -0.0254. The molecule has 0 aliphatic carbocycles. The third kappa shape index (κ3) is 5.05. The van der Waals surface area contributed by atoms with E-state index in [1.165, 1.54) is 0 Å². The highest BCUT2D eigenvalue weighted by Gasteiger charge is 2.33. The molecule has 5 nitrogen and oxygen atoms in total. The number of benzene rings is 2. The Bertz CT molecular complexity index is 1390. The van der Waals surface area contributed by atoms with Gasteiger partial charge in [-0.05, 0) is 66.8 Å². The Morgan fingerprint density at radius 3 is 2.64 bits per heavy atom. The van der Waals surface area contributed by atoms with Gasteiger partial charge in [-0.3, -0.25) is 0 Å². The van der Waals surface area contributed by atoms with Crippen LogP contribution in [0.25, 0.3) is 17.4 Å². The quantitative estimate of drug-likeness (QED) is 0.505. The number of allylic oxidation sites excluding steroid dienone is 1. The van der Waals surface area contributed by atoms with Crippen LogP contribution in [0.4, 0.5) is 0 Å². The van der Waals surface area contributed by atoms with Crippen molar-refractivity contribution in [2.24, 2.45) is 0 Å². The molecule has 36 heavy (non-hydrogen) atoms. The smallest absolute Gasteiger partial charge is 0.227 e. The van der Waals surface area contributed by atoms with E-state index >= 15 is 0 Å². The van der Waals surface area contributed by atoms with E-state index in [-0.39, 0.29) is 0 Å². The number of pyridine rings is 1. The number of rotatable bonds is 5. The molecule has 0 bridgehead atoms. The highest BCUT2D eigenvalue weighted by atomic mass is 35.5. The molecule has 0 radical (unpaired) electrons. The summed E-state index contributed by atoms with van der Waals surface area (Å²) in [5.74, 6) is 1.60. The standard InChI is InChI=1S/C30H31ClN2O3/c1-2-27(34)25-7-3-9-28-26(25)20-21(24-8-4-16-32-29(24)36-28)6-5-17-33-18-14-30(35,15-19-33)22-10-12-23(31)13-11-22/h3-4,6-13,16,20,34-35H,2,5,14-15,17-19H2,1H3. The van der Waals surface area contributed by atoms with Gasteiger partial charge >= 0.3 is 0 Å². The second kappa shape index (κ2) is 10.5. The van der Waals surface area contributed by atoms with Gasteiger partial charge in [0, 0.05) is 53.3 Å². The van der Waals surface area contributed by atoms with Crippen LogP contribution in [-0.4, -0.2) is 39.7 Å². The van der Waals surface area contributed by atoms with E-state index in [9.17, 15) is 10.2 Å². The van der Waals surface area contributed by atoms with E-state index < -0.39 is 5.60 Å². The van der Waals surface area contributed by atoms with Gasteiger partial charge < -0.3 is 19.8 Å². The Kier molecular flexibility index (Phi) is 7.15. The Balaban J connectivity index is 1.36. The van der Waals surface area contributed by atoms with E-state index in [1.54, 1.807) is 6.20 Å². The number of likely N-dealkylation sites (tertiary alicyclic amines) is 1. The normalized spacial score (nSPS) is 18.9. The minimum atomic E-state index is -0.797. The van der Waals surface area contributed by atoms with Crippen molar-refractivity contribution in [3.05, 3.63) is 93.5 Å². The van der Waals surface area contributed by atoms with Crippen molar-refractivity contribution < 1.29 is 14.9 Å². The summed E-state index contributed by atoms with van der Waals surface area (Å²) in [5, 5.41) is 24.0. The van der Waals surface area contributed by atoms with E-state index in [2.05, 4.69) is 22.0 Å². The first-order valence-corrected chi connectivity index (χ1v) is 12.9. The maximum Gasteiger partial charge on any atom is 0.227 e. The molecule has 2 aliphatic heterocycles. The summed E-state index contributed by atoms with van der Waals surface area (Å²) in [7, 11) is 0. The molecule has 0 amide bonds. The first-order valence-electron chi connectivity index (χ1n) is 12.5. The maximum absolute atomic E-state index is 11.2. The highest BCUT2D eigenvalue weighted by Crippen LogP contribution is 2.34. The Morgan fingerprint density at radius 1 is 1.11 bits per heavy atom. The Morgan fingerprint density at radius 2 is 1.89 bits per heavy atom. The molecule has 2 aromatic carbocycles. The van der Waals surface area contributed by atoms with Crippen LogP contribution in [0.15, 0.2) is 66.9 Å². The van der Waals surface area contributed by atoms with Gasteiger partial charge in [-0.25, -0.2) is 4.98 Å². The number of fused-ring (bicyclic) bond motifs is 2. The van der Waals surface area contributed by atoms with Crippen LogP contribution in [-0.2, 0) is 5.60 Å². The molecular formula is C30H31ClN2O3. The van der Waals surface area contributed by atoms with Crippen molar-refractivity contribution in [1.82, 2.24) is 9.88 Å². The molecule has 1 aromatic heterocycles. The fourth-order valence-corrected chi connectivity index (χ4v) is 5.15. The Labute approximate surface area is 216 Å². The molecule has 3 heterocycles. The van der Waals surface area contributed by atoms with Gasteiger partial charge in [0.2, 0.25) is 5.88 Å². The summed E-state index contributed by atoms with van der Waals surface area (Å²) in [6, 6.07) is 17.2. The molecule has 186 valence electrons. The van der Waals surface area contributed by atoms with Crippen molar-refractivity contribution in [2.75, 3.05) is 19.6 Å². The summed E-state index contributed by atoms with van der Waals surface area (Å²) >= 11 is 6.02. The minimum absolute atomic E-state index is 0.339. The lowest BCUT2D eigenvalue weighted by atomic mass is 9.84. The molecule has 0 saturated carbocycles. The fourth-order valence-electron chi connectivity index (χ4n) is 5.02. The monoisotopic (exact) mass is 502 g/mol. The second-order valence-corrected chi connectivity index (χ2v) is 9.88. The second-order valence-electron chi connectivity index (χ2n) is 9.45. The predicted molar refractivity (Wildman–Crippen MR) is 144 cm³/mol. The van der Waals surface area contributed by atoms with Crippen LogP contribution in [0.1, 0.15) is 43.7 Å². The number of hydrogen-bond donors (Lipinski definition) is 2. The van der Waals surface area contributed by atoms with Gasteiger partial charge in [0.15, 0.2) is 0 Å². The van der Waals surface area contributed by atoms with Crippen molar-refractivity contribution in [3.63, 3.8) is 0 Å². The molecule has 3 aromatic rings. The van der Waals surface area contributed by atoms with Crippen LogP contribution < -0.4 is 15.2 Å². The molecule has 5 rings (SSSR count). The number of nitrogens with zero attached hydrogens (tertiary/aromatic N) is 2.